The molecule has 1 heterocycles. The minimum atomic E-state index is -0.329. The molecule has 2 amide bonds. The van der Waals surface area contributed by atoms with Crippen molar-refractivity contribution in [3.05, 3.63) is 34.9 Å². The largest absolute Gasteiger partial charge is 0.385 e. The van der Waals surface area contributed by atoms with Gasteiger partial charge >= 0.3 is 6.03 Å². The van der Waals surface area contributed by atoms with Crippen molar-refractivity contribution in [2.75, 3.05) is 20.3 Å². The molecule has 5 nitrogen and oxygen atoms in total. The number of methoxy groups -OCH3 is 1. The van der Waals surface area contributed by atoms with Gasteiger partial charge in [0, 0.05) is 18.7 Å². The number of ether oxygens (including phenoxy) is 1. The van der Waals surface area contributed by atoms with Crippen LogP contribution >= 0.6 is 11.6 Å². The number of halogens is 1. The van der Waals surface area contributed by atoms with Crippen molar-refractivity contribution in [3.8, 4) is 0 Å². The molecule has 96 valence electrons. The molecule has 1 aromatic carbocycles. The first-order valence-corrected chi connectivity index (χ1v) is 5.90. The van der Waals surface area contributed by atoms with E-state index >= 15 is 0 Å². The van der Waals surface area contributed by atoms with E-state index in [-0.39, 0.29) is 12.1 Å². The standard InChI is InChI=1S/C12H14ClN3O2/c1-18-7-6-16-10(11(14)15-12(16)17)8-2-4-9(13)5-3-8/h2-5,10H,6-7H2,1H3,(H2,14,15,17). The lowest BCUT2D eigenvalue weighted by Crippen LogP contribution is -2.35. The van der Waals surface area contributed by atoms with Crippen LogP contribution in [0.15, 0.2) is 29.3 Å². The Kier molecular flexibility index (Phi) is 3.84. The molecule has 18 heavy (non-hydrogen) atoms. The lowest BCUT2D eigenvalue weighted by molar-refractivity contribution is 0.150. The normalized spacial score (nSPS) is 19.2. The number of amidine groups is 1. The summed E-state index contributed by atoms with van der Waals surface area (Å²) >= 11 is 5.84. The van der Waals surface area contributed by atoms with Gasteiger partial charge in [-0.3, -0.25) is 0 Å². The van der Waals surface area contributed by atoms with Crippen molar-refractivity contribution in [2.45, 2.75) is 6.04 Å². The predicted molar refractivity (Wildman–Crippen MR) is 69.8 cm³/mol. The number of urea groups is 1. The van der Waals surface area contributed by atoms with Gasteiger partial charge in [0.25, 0.3) is 0 Å². The molecule has 0 fully saturated rings. The number of hydrogen-bond acceptors (Lipinski definition) is 3. The summed E-state index contributed by atoms with van der Waals surface area (Å²) in [6, 6.07) is 6.55. The molecule has 0 aromatic heterocycles. The van der Waals surface area contributed by atoms with Gasteiger partial charge in [-0.1, -0.05) is 23.7 Å². The summed E-state index contributed by atoms with van der Waals surface area (Å²) in [4.78, 5) is 17.1. The Morgan fingerprint density at radius 2 is 2.11 bits per heavy atom. The van der Waals surface area contributed by atoms with Crippen LogP contribution in [0.3, 0.4) is 0 Å². The summed E-state index contributed by atoms with van der Waals surface area (Å²) in [5.41, 5.74) is 6.71. The molecule has 0 saturated carbocycles. The van der Waals surface area contributed by atoms with Crippen molar-refractivity contribution < 1.29 is 9.53 Å². The first kappa shape index (κ1) is 12.9. The van der Waals surface area contributed by atoms with Crippen molar-refractivity contribution in [2.24, 2.45) is 10.7 Å². The van der Waals surface area contributed by atoms with Crippen molar-refractivity contribution in [1.82, 2.24) is 4.90 Å². The molecular weight excluding hydrogens is 254 g/mol. The second kappa shape index (κ2) is 5.37. The number of benzene rings is 1. The molecule has 6 heteroatoms. The van der Waals surface area contributed by atoms with Crippen LogP contribution in [0.25, 0.3) is 0 Å². The van der Waals surface area contributed by atoms with E-state index in [0.717, 1.165) is 5.56 Å². The predicted octanol–water partition coefficient (Wildman–Crippen LogP) is 1.82. The number of rotatable bonds is 4. The number of amides is 2. The van der Waals surface area contributed by atoms with E-state index in [1.807, 2.05) is 12.1 Å². The maximum atomic E-state index is 11.7. The van der Waals surface area contributed by atoms with Gasteiger partial charge in [0.1, 0.15) is 11.9 Å². The van der Waals surface area contributed by atoms with Crippen LogP contribution in [0, 0.1) is 0 Å². The average Bonchev–Trinajstić information content (AvgIpc) is 2.62. The van der Waals surface area contributed by atoms with Crippen molar-refractivity contribution >= 4 is 23.5 Å². The van der Waals surface area contributed by atoms with Crippen LogP contribution in [0.2, 0.25) is 5.02 Å². The molecular formula is C12H14ClN3O2. The van der Waals surface area contributed by atoms with Crippen molar-refractivity contribution in [1.29, 1.82) is 0 Å². The van der Waals surface area contributed by atoms with E-state index in [1.165, 1.54) is 0 Å². The molecule has 0 spiro atoms. The van der Waals surface area contributed by atoms with Gasteiger partial charge in [0.2, 0.25) is 0 Å². The molecule has 0 aliphatic carbocycles. The van der Waals surface area contributed by atoms with Gasteiger partial charge in [0.15, 0.2) is 0 Å². The molecule has 1 atom stereocenters. The summed E-state index contributed by atoms with van der Waals surface area (Å²) in [7, 11) is 1.59. The van der Waals surface area contributed by atoms with Crippen LogP contribution in [0.5, 0.6) is 0 Å². The number of aliphatic imine (C=N–C) groups is 1. The van der Waals surface area contributed by atoms with Gasteiger partial charge in [-0.15, -0.1) is 0 Å². The zero-order valence-electron chi connectivity index (χ0n) is 9.97. The summed E-state index contributed by atoms with van der Waals surface area (Å²) in [5.74, 6) is 0.304. The van der Waals surface area contributed by atoms with Gasteiger partial charge in [-0.25, -0.2) is 4.79 Å². The average molecular weight is 268 g/mol. The van der Waals surface area contributed by atoms with Crippen LogP contribution in [-0.2, 0) is 4.74 Å². The van der Waals surface area contributed by atoms with Crippen LogP contribution in [0.1, 0.15) is 11.6 Å². The van der Waals surface area contributed by atoms with E-state index in [9.17, 15) is 4.79 Å². The first-order chi connectivity index (χ1) is 8.63. The molecule has 1 aliphatic heterocycles. The van der Waals surface area contributed by atoms with E-state index in [0.29, 0.717) is 24.0 Å². The zero-order chi connectivity index (χ0) is 13.1. The molecule has 1 unspecified atom stereocenters. The Labute approximate surface area is 110 Å². The van der Waals surface area contributed by atoms with Gasteiger partial charge in [-0.2, -0.15) is 4.99 Å². The highest BCUT2D eigenvalue weighted by atomic mass is 35.5. The third-order valence-corrected chi connectivity index (χ3v) is 3.04. The molecule has 2 rings (SSSR count). The highest BCUT2D eigenvalue weighted by Gasteiger charge is 2.33. The lowest BCUT2D eigenvalue weighted by Gasteiger charge is -2.24. The molecule has 1 aromatic rings. The highest BCUT2D eigenvalue weighted by Crippen LogP contribution is 2.27. The van der Waals surface area contributed by atoms with E-state index in [1.54, 1.807) is 24.1 Å². The number of carbonyl (C=O) groups excluding carboxylic acids is 1. The van der Waals surface area contributed by atoms with Crippen LogP contribution in [0.4, 0.5) is 4.79 Å². The van der Waals surface area contributed by atoms with Gasteiger partial charge in [0.05, 0.1) is 6.61 Å². The third kappa shape index (κ3) is 2.47. The second-order valence-corrected chi connectivity index (χ2v) is 4.40. The lowest BCUT2D eigenvalue weighted by atomic mass is 10.1. The minimum absolute atomic E-state index is 0.304. The Balaban J connectivity index is 2.25. The Hall–Kier alpha value is -1.59. The van der Waals surface area contributed by atoms with Crippen LogP contribution in [-0.4, -0.2) is 37.0 Å². The first-order valence-electron chi connectivity index (χ1n) is 5.52. The number of nitrogens with two attached hydrogens (primary N) is 1. The summed E-state index contributed by atoms with van der Waals surface area (Å²) in [5, 5.41) is 0.641. The molecule has 2 N–H and O–H groups in total. The molecule has 1 aliphatic rings. The van der Waals surface area contributed by atoms with E-state index in [2.05, 4.69) is 4.99 Å². The van der Waals surface area contributed by atoms with Gasteiger partial charge in [-0.05, 0) is 17.7 Å². The summed E-state index contributed by atoms with van der Waals surface area (Å²) in [6.07, 6.45) is 0. The van der Waals surface area contributed by atoms with E-state index in [4.69, 9.17) is 22.1 Å². The van der Waals surface area contributed by atoms with Crippen LogP contribution < -0.4 is 5.73 Å². The highest BCUT2D eigenvalue weighted by molar-refractivity contribution is 6.30. The Morgan fingerprint density at radius 1 is 1.44 bits per heavy atom. The topological polar surface area (TPSA) is 67.9 Å². The fourth-order valence-corrected chi connectivity index (χ4v) is 2.04. The Bertz CT molecular complexity index is 473. The third-order valence-electron chi connectivity index (χ3n) is 2.78. The fraction of sp³-hybridized carbons (Fsp3) is 0.333. The minimum Gasteiger partial charge on any atom is -0.385 e. The quantitative estimate of drug-likeness (QED) is 0.905. The van der Waals surface area contributed by atoms with Gasteiger partial charge < -0.3 is 15.4 Å². The number of nitrogens with zero attached hydrogens (tertiary/aromatic N) is 2. The SMILES string of the molecule is COCCN1C(=O)N=C(N)C1c1ccc(Cl)cc1. The maximum Gasteiger partial charge on any atom is 0.346 e. The second-order valence-electron chi connectivity index (χ2n) is 3.96. The molecule has 0 saturated heterocycles. The van der Waals surface area contributed by atoms with Crippen molar-refractivity contribution in [3.63, 3.8) is 0 Å². The smallest absolute Gasteiger partial charge is 0.346 e. The van der Waals surface area contributed by atoms with E-state index < -0.39 is 0 Å². The number of hydrogen-bond donors (Lipinski definition) is 1. The number of carbonyl (C=O) groups is 1. The Morgan fingerprint density at radius 3 is 2.72 bits per heavy atom. The fourth-order valence-electron chi connectivity index (χ4n) is 1.92. The maximum absolute atomic E-state index is 11.7. The molecule has 0 radical (unpaired) electrons. The molecule has 0 bridgehead atoms. The summed E-state index contributed by atoms with van der Waals surface area (Å²) in [6.45, 7) is 0.894. The summed E-state index contributed by atoms with van der Waals surface area (Å²) < 4.78 is 4.98. The zero-order valence-corrected chi connectivity index (χ0v) is 10.7. The monoisotopic (exact) mass is 267 g/mol.